The van der Waals surface area contributed by atoms with Gasteiger partial charge in [-0.2, -0.15) is 0 Å². The van der Waals surface area contributed by atoms with Crippen molar-refractivity contribution in [3.05, 3.63) is 29.8 Å². The molecule has 1 aromatic rings. The fraction of sp³-hybridized carbons (Fsp3) is 0.462. The van der Waals surface area contributed by atoms with Crippen molar-refractivity contribution in [2.24, 2.45) is 0 Å². The van der Waals surface area contributed by atoms with Crippen LogP contribution < -0.4 is 10.5 Å². The summed E-state index contributed by atoms with van der Waals surface area (Å²) < 4.78 is 25.9. The molecule has 2 saturated carbocycles. The predicted octanol–water partition coefficient (Wildman–Crippen LogP) is 0.909. The van der Waals surface area contributed by atoms with E-state index in [9.17, 15) is 13.2 Å². The molecule has 0 unspecified atom stereocenters. The standard InChI is InChI=1S/C13H16N2O3S/c14-10-3-1-9(2-4-10)13(7-8-13)12(16)15-19(17,18)11-5-6-11/h1-4,11H,5-8,14H2,(H,15,16). The van der Waals surface area contributed by atoms with E-state index in [0.717, 1.165) is 5.56 Å². The van der Waals surface area contributed by atoms with Crippen molar-refractivity contribution in [2.45, 2.75) is 36.3 Å². The molecule has 0 heterocycles. The topological polar surface area (TPSA) is 89.3 Å². The number of carbonyl (C=O) groups excluding carboxylic acids is 1. The minimum atomic E-state index is -3.47. The number of benzene rings is 1. The minimum Gasteiger partial charge on any atom is -0.399 e. The molecule has 2 aliphatic rings. The lowest BCUT2D eigenvalue weighted by atomic mass is 9.95. The normalized spacial score (nSPS) is 20.8. The minimum absolute atomic E-state index is 0.376. The zero-order valence-corrected chi connectivity index (χ0v) is 11.2. The Balaban J connectivity index is 1.81. The number of amides is 1. The lowest BCUT2D eigenvalue weighted by Crippen LogP contribution is -2.40. The Kier molecular flexibility index (Phi) is 2.60. The average Bonchev–Trinajstić information content (AvgIpc) is 3.22. The van der Waals surface area contributed by atoms with E-state index in [1.165, 1.54) is 0 Å². The molecule has 6 heteroatoms. The second kappa shape index (κ2) is 3.96. The fourth-order valence-corrected chi connectivity index (χ4v) is 3.64. The van der Waals surface area contributed by atoms with Crippen molar-refractivity contribution in [3.63, 3.8) is 0 Å². The van der Waals surface area contributed by atoms with Crippen LogP contribution in [0.1, 0.15) is 31.2 Å². The number of sulfonamides is 1. The van der Waals surface area contributed by atoms with E-state index >= 15 is 0 Å². The third-order valence-corrected chi connectivity index (χ3v) is 5.67. The summed E-state index contributed by atoms with van der Waals surface area (Å²) in [5.41, 5.74) is 6.42. The molecule has 1 amide bonds. The maximum absolute atomic E-state index is 12.2. The summed E-state index contributed by atoms with van der Waals surface area (Å²) in [6.45, 7) is 0. The van der Waals surface area contributed by atoms with Crippen LogP contribution in [0.25, 0.3) is 0 Å². The summed E-state index contributed by atoms with van der Waals surface area (Å²) in [5, 5.41) is -0.376. The van der Waals surface area contributed by atoms with Gasteiger partial charge in [-0.1, -0.05) is 12.1 Å². The van der Waals surface area contributed by atoms with E-state index in [0.29, 0.717) is 31.4 Å². The van der Waals surface area contributed by atoms with Crippen LogP contribution >= 0.6 is 0 Å². The van der Waals surface area contributed by atoms with Crippen LogP contribution in [0.15, 0.2) is 24.3 Å². The van der Waals surface area contributed by atoms with Crippen LogP contribution in [0.3, 0.4) is 0 Å². The van der Waals surface area contributed by atoms with Gasteiger partial charge in [0.25, 0.3) is 0 Å². The zero-order valence-electron chi connectivity index (χ0n) is 10.4. The van der Waals surface area contributed by atoms with Gasteiger partial charge in [-0.05, 0) is 43.4 Å². The predicted molar refractivity (Wildman–Crippen MR) is 71.9 cm³/mol. The van der Waals surface area contributed by atoms with Crippen molar-refractivity contribution in [1.29, 1.82) is 0 Å². The van der Waals surface area contributed by atoms with E-state index in [-0.39, 0.29) is 5.25 Å². The second-order valence-electron chi connectivity index (χ2n) is 5.38. The molecule has 2 aliphatic carbocycles. The summed E-state index contributed by atoms with van der Waals surface area (Å²) in [4.78, 5) is 12.2. The van der Waals surface area contributed by atoms with Gasteiger partial charge >= 0.3 is 0 Å². The first-order valence-corrected chi connectivity index (χ1v) is 7.91. The van der Waals surface area contributed by atoms with Crippen molar-refractivity contribution in [2.75, 3.05) is 5.73 Å². The third-order valence-electron chi connectivity index (χ3n) is 3.85. The highest BCUT2D eigenvalue weighted by molar-refractivity contribution is 7.90. The van der Waals surface area contributed by atoms with Crippen LogP contribution in [-0.4, -0.2) is 19.6 Å². The summed E-state index contributed by atoms with van der Waals surface area (Å²) in [7, 11) is -3.47. The summed E-state index contributed by atoms with van der Waals surface area (Å²) in [6, 6.07) is 7.06. The molecule has 0 aromatic heterocycles. The number of rotatable bonds is 4. The molecule has 0 saturated heterocycles. The van der Waals surface area contributed by atoms with E-state index in [1.54, 1.807) is 24.3 Å². The van der Waals surface area contributed by atoms with Gasteiger partial charge in [0.2, 0.25) is 15.9 Å². The highest BCUT2D eigenvalue weighted by atomic mass is 32.2. The largest absolute Gasteiger partial charge is 0.399 e. The van der Waals surface area contributed by atoms with Crippen LogP contribution in [-0.2, 0) is 20.2 Å². The van der Waals surface area contributed by atoms with Crippen LogP contribution in [0, 0.1) is 0 Å². The molecule has 19 heavy (non-hydrogen) atoms. The quantitative estimate of drug-likeness (QED) is 0.802. The molecular weight excluding hydrogens is 264 g/mol. The van der Waals surface area contributed by atoms with Gasteiger partial charge in [0.1, 0.15) is 0 Å². The Morgan fingerprint density at radius 2 is 1.79 bits per heavy atom. The lowest BCUT2D eigenvalue weighted by molar-refractivity contribution is -0.121. The van der Waals surface area contributed by atoms with E-state index in [1.807, 2.05) is 0 Å². The average molecular weight is 280 g/mol. The van der Waals surface area contributed by atoms with Crippen molar-refractivity contribution < 1.29 is 13.2 Å². The van der Waals surface area contributed by atoms with E-state index in [2.05, 4.69) is 4.72 Å². The molecule has 0 atom stereocenters. The highest BCUT2D eigenvalue weighted by Gasteiger charge is 2.53. The first-order chi connectivity index (χ1) is 8.94. The van der Waals surface area contributed by atoms with Crippen molar-refractivity contribution in [3.8, 4) is 0 Å². The van der Waals surface area contributed by atoms with Gasteiger partial charge in [-0.3, -0.25) is 9.52 Å². The molecule has 1 aromatic carbocycles. The number of hydrogen-bond donors (Lipinski definition) is 2. The molecule has 0 radical (unpaired) electrons. The number of hydrogen-bond acceptors (Lipinski definition) is 4. The molecule has 0 bridgehead atoms. The summed E-state index contributed by atoms with van der Waals surface area (Å²) in [5.74, 6) is -0.399. The van der Waals surface area contributed by atoms with Crippen molar-refractivity contribution in [1.82, 2.24) is 4.72 Å². The summed E-state index contributed by atoms with van der Waals surface area (Å²) >= 11 is 0. The Morgan fingerprint density at radius 3 is 2.26 bits per heavy atom. The maximum atomic E-state index is 12.2. The Morgan fingerprint density at radius 1 is 1.21 bits per heavy atom. The Hall–Kier alpha value is -1.56. The van der Waals surface area contributed by atoms with E-state index in [4.69, 9.17) is 5.73 Å². The van der Waals surface area contributed by atoms with Crippen molar-refractivity contribution >= 4 is 21.6 Å². The molecule has 5 nitrogen and oxygen atoms in total. The molecule has 102 valence electrons. The molecule has 0 aliphatic heterocycles. The molecule has 3 N–H and O–H groups in total. The lowest BCUT2D eigenvalue weighted by Gasteiger charge is -2.16. The van der Waals surface area contributed by atoms with Gasteiger partial charge in [0.05, 0.1) is 10.7 Å². The van der Waals surface area contributed by atoms with E-state index < -0.39 is 21.3 Å². The van der Waals surface area contributed by atoms with Gasteiger partial charge < -0.3 is 5.73 Å². The molecule has 2 fully saturated rings. The van der Waals surface area contributed by atoms with Crippen LogP contribution in [0.2, 0.25) is 0 Å². The third kappa shape index (κ3) is 2.20. The molecular formula is C13H16N2O3S. The Bertz CT molecular complexity index is 614. The number of nitrogens with one attached hydrogen (secondary N) is 1. The number of nitrogens with two attached hydrogens (primary N) is 1. The molecule has 0 spiro atoms. The number of anilines is 1. The van der Waals surface area contributed by atoms with Gasteiger partial charge in [-0.15, -0.1) is 0 Å². The fourth-order valence-electron chi connectivity index (χ4n) is 2.26. The SMILES string of the molecule is Nc1ccc(C2(C(=O)NS(=O)(=O)C3CC3)CC2)cc1. The van der Waals surface area contributed by atoms with Crippen LogP contribution in [0.4, 0.5) is 5.69 Å². The zero-order chi connectivity index (χ0) is 13.7. The number of carbonyl (C=O) groups is 1. The second-order valence-corrected chi connectivity index (χ2v) is 7.34. The van der Waals surface area contributed by atoms with Gasteiger partial charge in [-0.25, -0.2) is 8.42 Å². The summed E-state index contributed by atoms with van der Waals surface area (Å²) in [6.07, 6.45) is 2.67. The smallest absolute Gasteiger partial charge is 0.244 e. The molecule has 3 rings (SSSR count). The first kappa shape index (κ1) is 12.5. The monoisotopic (exact) mass is 280 g/mol. The Labute approximate surface area is 112 Å². The highest BCUT2D eigenvalue weighted by Crippen LogP contribution is 2.48. The van der Waals surface area contributed by atoms with Gasteiger partial charge in [0.15, 0.2) is 0 Å². The van der Waals surface area contributed by atoms with Crippen LogP contribution in [0.5, 0.6) is 0 Å². The first-order valence-electron chi connectivity index (χ1n) is 6.36. The number of nitrogen functional groups attached to an aromatic ring is 1. The van der Waals surface area contributed by atoms with Gasteiger partial charge in [0, 0.05) is 5.69 Å². The maximum Gasteiger partial charge on any atom is 0.244 e.